The highest BCUT2D eigenvalue weighted by Gasteiger charge is 2.20. The van der Waals surface area contributed by atoms with Gasteiger partial charge in [-0.05, 0) is 38.5 Å². The molecule has 0 aliphatic rings. The van der Waals surface area contributed by atoms with Crippen LogP contribution in [0.15, 0.2) is 23.1 Å². The van der Waals surface area contributed by atoms with E-state index in [1.54, 1.807) is 32.9 Å². The number of hydrogen-bond acceptors (Lipinski definition) is 3. The minimum atomic E-state index is -3.68. The first kappa shape index (κ1) is 13.9. The van der Waals surface area contributed by atoms with Crippen LogP contribution in [0.4, 0.5) is 5.69 Å². The molecule has 0 radical (unpaired) electrons. The Morgan fingerprint density at radius 1 is 1.26 bits per heavy atom. The van der Waals surface area contributed by atoms with Crippen molar-refractivity contribution in [2.24, 2.45) is 0 Å². The predicted octanol–water partition coefficient (Wildman–Crippen LogP) is 2.79. The molecule has 1 heterocycles. The number of nitrogens with one attached hydrogen (secondary N) is 2. The van der Waals surface area contributed by atoms with E-state index in [0.29, 0.717) is 27.7 Å². The zero-order chi connectivity index (χ0) is 14.2. The molecule has 0 fully saturated rings. The molecule has 0 amide bonds. The second-order valence-corrected chi connectivity index (χ2v) is 6.34. The average molecular weight is 300 g/mol. The summed E-state index contributed by atoms with van der Waals surface area (Å²) in [5.41, 5.74) is 2.26. The van der Waals surface area contributed by atoms with Crippen LogP contribution in [0.25, 0.3) is 0 Å². The van der Waals surface area contributed by atoms with Gasteiger partial charge in [0.2, 0.25) is 0 Å². The van der Waals surface area contributed by atoms with Gasteiger partial charge in [0.25, 0.3) is 10.0 Å². The summed E-state index contributed by atoms with van der Waals surface area (Å²) in [6.45, 7) is 5.15. The summed E-state index contributed by atoms with van der Waals surface area (Å²) in [7, 11) is -3.68. The van der Waals surface area contributed by atoms with Crippen molar-refractivity contribution in [2.75, 3.05) is 4.72 Å². The van der Waals surface area contributed by atoms with Crippen LogP contribution in [0, 0.1) is 20.8 Å². The van der Waals surface area contributed by atoms with Crippen LogP contribution in [0.5, 0.6) is 0 Å². The Hall–Kier alpha value is -1.53. The van der Waals surface area contributed by atoms with Crippen molar-refractivity contribution in [1.82, 2.24) is 10.2 Å². The SMILES string of the molecule is Cc1n[nH]c(C)c1NS(=O)(=O)c1cccc(Cl)c1C. The van der Waals surface area contributed by atoms with Crippen molar-refractivity contribution in [3.63, 3.8) is 0 Å². The highest BCUT2D eigenvalue weighted by molar-refractivity contribution is 7.92. The van der Waals surface area contributed by atoms with Crippen molar-refractivity contribution in [2.45, 2.75) is 25.7 Å². The predicted molar refractivity (Wildman–Crippen MR) is 75.1 cm³/mol. The summed E-state index contributed by atoms with van der Waals surface area (Å²) < 4.78 is 27.3. The van der Waals surface area contributed by atoms with E-state index in [1.807, 2.05) is 0 Å². The molecule has 19 heavy (non-hydrogen) atoms. The maximum atomic E-state index is 12.4. The lowest BCUT2D eigenvalue weighted by atomic mass is 10.2. The molecule has 0 bridgehead atoms. The molecule has 0 spiro atoms. The van der Waals surface area contributed by atoms with Gasteiger partial charge in [-0.15, -0.1) is 0 Å². The fraction of sp³-hybridized carbons (Fsp3) is 0.250. The zero-order valence-corrected chi connectivity index (χ0v) is 12.4. The molecule has 0 unspecified atom stereocenters. The van der Waals surface area contributed by atoms with E-state index in [4.69, 9.17) is 11.6 Å². The lowest BCUT2D eigenvalue weighted by Gasteiger charge is -2.11. The molecule has 1 aromatic carbocycles. The van der Waals surface area contributed by atoms with Crippen LogP contribution >= 0.6 is 11.6 Å². The molecular weight excluding hydrogens is 286 g/mol. The van der Waals surface area contributed by atoms with Crippen LogP contribution in [0.2, 0.25) is 5.02 Å². The van der Waals surface area contributed by atoms with Gasteiger partial charge in [-0.2, -0.15) is 5.10 Å². The molecule has 2 N–H and O–H groups in total. The maximum absolute atomic E-state index is 12.4. The van der Waals surface area contributed by atoms with Crippen molar-refractivity contribution in [3.05, 3.63) is 40.2 Å². The number of rotatable bonds is 3. The summed E-state index contributed by atoms with van der Waals surface area (Å²) in [6.07, 6.45) is 0. The molecule has 2 aromatic rings. The quantitative estimate of drug-likeness (QED) is 0.915. The van der Waals surface area contributed by atoms with E-state index < -0.39 is 10.0 Å². The van der Waals surface area contributed by atoms with Crippen LogP contribution in [0.3, 0.4) is 0 Å². The van der Waals surface area contributed by atoms with Gasteiger partial charge < -0.3 is 0 Å². The minimum absolute atomic E-state index is 0.167. The third-order valence-corrected chi connectivity index (χ3v) is 4.78. The minimum Gasteiger partial charge on any atom is -0.280 e. The average Bonchev–Trinajstić information content (AvgIpc) is 2.64. The number of aryl methyl sites for hydroxylation is 2. The van der Waals surface area contributed by atoms with Crippen molar-refractivity contribution in [1.29, 1.82) is 0 Å². The van der Waals surface area contributed by atoms with E-state index in [0.717, 1.165) is 0 Å². The number of benzene rings is 1. The summed E-state index contributed by atoms with van der Waals surface area (Å²) in [6, 6.07) is 4.79. The molecule has 0 atom stereocenters. The first-order chi connectivity index (χ1) is 8.83. The summed E-state index contributed by atoms with van der Waals surface area (Å²) in [5, 5.41) is 7.11. The number of sulfonamides is 1. The fourth-order valence-corrected chi connectivity index (χ4v) is 3.45. The Kier molecular flexibility index (Phi) is 3.56. The second kappa shape index (κ2) is 4.86. The molecule has 0 aliphatic carbocycles. The number of H-pyrrole nitrogens is 1. The Balaban J connectivity index is 2.47. The number of anilines is 1. The van der Waals surface area contributed by atoms with Crippen LogP contribution < -0.4 is 4.72 Å². The van der Waals surface area contributed by atoms with Gasteiger partial charge in [0.05, 0.1) is 22.0 Å². The third-order valence-electron chi connectivity index (χ3n) is 2.87. The number of nitrogens with zero attached hydrogens (tertiary/aromatic N) is 1. The largest absolute Gasteiger partial charge is 0.280 e. The van der Waals surface area contributed by atoms with Gasteiger partial charge in [0, 0.05) is 5.02 Å². The number of aromatic nitrogens is 2. The van der Waals surface area contributed by atoms with E-state index >= 15 is 0 Å². The van der Waals surface area contributed by atoms with Crippen LogP contribution in [0.1, 0.15) is 17.0 Å². The fourth-order valence-electron chi connectivity index (χ4n) is 1.77. The molecule has 102 valence electrons. The number of aromatic amines is 1. The monoisotopic (exact) mass is 299 g/mol. The van der Waals surface area contributed by atoms with E-state index in [2.05, 4.69) is 14.9 Å². The van der Waals surface area contributed by atoms with Crippen LogP contribution in [-0.2, 0) is 10.0 Å². The lowest BCUT2D eigenvalue weighted by Crippen LogP contribution is -2.15. The zero-order valence-electron chi connectivity index (χ0n) is 10.8. The highest BCUT2D eigenvalue weighted by atomic mass is 35.5. The van der Waals surface area contributed by atoms with Crippen molar-refractivity contribution < 1.29 is 8.42 Å². The summed E-state index contributed by atoms with van der Waals surface area (Å²) in [5.74, 6) is 0. The van der Waals surface area contributed by atoms with Crippen LogP contribution in [-0.4, -0.2) is 18.6 Å². The standard InChI is InChI=1S/C12H14ClN3O2S/c1-7-10(13)5-4-6-11(7)19(17,18)16-12-8(2)14-15-9(12)3/h4-6,16H,1-3H3,(H,14,15). The topological polar surface area (TPSA) is 74.8 Å². The molecular formula is C12H14ClN3O2S. The van der Waals surface area contributed by atoms with Gasteiger partial charge in [-0.3, -0.25) is 9.82 Å². The van der Waals surface area contributed by atoms with Crippen molar-refractivity contribution in [3.8, 4) is 0 Å². The molecule has 0 saturated heterocycles. The smallest absolute Gasteiger partial charge is 0.262 e. The van der Waals surface area contributed by atoms with Gasteiger partial charge >= 0.3 is 0 Å². The normalized spacial score (nSPS) is 11.6. The number of halogens is 1. The van der Waals surface area contributed by atoms with Gasteiger partial charge in [-0.25, -0.2) is 8.42 Å². The maximum Gasteiger partial charge on any atom is 0.262 e. The Labute approximate surface area is 117 Å². The Morgan fingerprint density at radius 2 is 1.95 bits per heavy atom. The molecule has 0 saturated carbocycles. The Morgan fingerprint density at radius 3 is 2.53 bits per heavy atom. The number of hydrogen-bond donors (Lipinski definition) is 2. The first-order valence-corrected chi connectivity index (χ1v) is 7.48. The third kappa shape index (κ3) is 2.59. The lowest BCUT2D eigenvalue weighted by molar-refractivity contribution is 0.600. The molecule has 1 aromatic heterocycles. The molecule has 0 aliphatic heterocycles. The summed E-state index contributed by atoms with van der Waals surface area (Å²) in [4.78, 5) is 0.167. The van der Waals surface area contributed by atoms with E-state index in [1.165, 1.54) is 6.07 Å². The second-order valence-electron chi connectivity index (χ2n) is 4.28. The van der Waals surface area contributed by atoms with Gasteiger partial charge in [-0.1, -0.05) is 17.7 Å². The Bertz CT molecular complexity index is 703. The highest BCUT2D eigenvalue weighted by Crippen LogP contribution is 2.26. The molecule has 5 nitrogen and oxygen atoms in total. The molecule has 2 rings (SSSR count). The van der Waals surface area contributed by atoms with Gasteiger partial charge in [0.15, 0.2) is 0 Å². The first-order valence-electron chi connectivity index (χ1n) is 5.62. The summed E-state index contributed by atoms with van der Waals surface area (Å²) >= 11 is 5.95. The van der Waals surface area contributed by atoms with E-state index in [9.17, 15) is 8.42 Å². The van der Waals surface area contributed by atoms with E-state index in [-0.39, 0.29) is 4.90 Å². The van der Waals surface area contributed by atoms with Gasteiger partial charge in [0.1, 0.15) is 0 Å². The molecule has 7 heteroatoms. The van der Waals surface area contributed by atoms with Crippen molar-refractivity contribution >= 4 is 27.3 Å².